The molecule has 2 aliphatic heterocycles. The highest BCUT2D eigenvalue weighted by Crippen LogP contribution is 2.49. The number of hydroxylamine groups is 1. The summed E-state index contributed by atoms with van der Waals surface area (Å²) in [5.41, 5.74) is 1.43. The standard InChI is InChI=1S/C24H18N2O6/c27-18-9-5-4-8-17(18)20-19-21(32-26(20)16-6-2-1-3-7-16)23(29)25(22(19)28)15-12-10-14(11-13-15)24(30)31/h1-13,19-21,27H,(H,30,31)/t19-,20-,21+/m0/s1. The van der Waals surface area contributed by atoms with E-state index in [0.717, 1.165) is 4.90 Å². The first-order chi connectivity index (χ1) is 15.5. The largest absolute Gasteiger partial charge is 0.508 e. The maximum Gasteiger partial charge on any atom is 0.335 e. The van der Waals surface area contributed by atoms with Gasteiger partial charge in [0.2, 0.25) is 5.91 Å². The number of nitrogens with zero attached hydrogens (tertiary/aromatic N) is 2. The van der Waals surface area contributed by atoms with Gasteiger partial charge in [0, 0.05) is 5.56 Å². The number of benzene rings is 3. The lowest BCUT2D eigenvalue weighted by Crippen LogP contribution is -2.37. The second kappa shape index (κ2) is 7.51. The molecule has 3 aromatic rings. The van der Waals surface area contributed by atoms with Crippen LogP contribution in [-0.4, -0.2) is 34.1 Å². The molecular formula is C24H18N2O6. The van der Waals surface area contributed by atoms with Gasteiger partial charge in [0.25, 0.3) is 5.91 Å². The number of carbonyl (C=O) groups excluding carboxylic acids is 2. The number of aromatic hydroxyl groups is 1. The van der Waals surface area contributed by atoms with Gasteiger partial charge in [-0.05, 0) is 42.5 Å². The topological polar surface area (TPSA) is 107 Å². The molecule has 5 rings (SSSR count). The van der Waals surface area contributed by atoms with Crippen molar-refractivity contribution in [1.29, 1.82) is 0 Å². The Morgan fingerprint density at radius 2 is 1.47 bits per heavy atom. The minimum Gasteiger partial charge on any atom is -0.508 e. The van der Waals surface area contributed by atoms with E-state index in [9.17, 15) is 19.5 Å². The van der Waals surface area contributed by atoms with Crippen LogP contribution in [0, 0.1) is 5.92 Å². The Hall–Kier alpha value is -4.17. The summed E-state index contributed by atoms with van der Waals surface area (Å²) >= 11 is 0. The molecule has 160 valence electrons. The fourth-order valence-corrected chi connectivity index (χ4v) is 4.27. The highest BCUT2D eigenvalue weighted by Gasteiger charge is 2.60. The number of carboxylic acids is 1. The van der Waals surface area contributed by atoms with Gasteiger partial charge >= 0.3 is 5.97 Å². The zero-order valence-corrected chi connectivity index (χ0v) is 16.7. The molecule has 2 amide bonds. The van der Waals surface area contributed by atoms with Crippen molar-refractivity contribution < 1.29 is 29.4 Å². The number of phenols is 1. The molecule has 8 nitrogen and oxygen atoms in total. The molecule has 2 heterocycles. The van der Waals surface area contributed by atoms with Crippen molar-refractivity contribution in [2.45, 2.75) is 12.1 Å². The lowest BCUT2D eigenvalue weighted by molar-refractivity contribution is -0.126. The number of rotatable bonds is 4. The molecule has 0 unspecified atom stereocenters. The van der Waals surface area contributed by atoms with E-state index in [1.165, 1.54) is 35.4 Å². The predicted octanol–water partition coefficient (Wildman–Crippen LogP) is 3.14. The number of fused-ring (bicyclic) bond motifs is 1. The Morgan fingerprint density at radius 3 is 2.12 bits per heavy atom. The lowest BCUT2D eigenvalue weighted by atomic mass is 9.90. The first-order valence-corrected chi connectivity index (χ1v) is 9.97. The van der Waals surface area contributed by atoms with Crippen LogP contribution in [0.5, 0.6) is 5.75 Å². The van der Waals surface area contributed by atoms with E-state index in [0.29, 0.717) is 11.3 Å². The highest BCUT2D eigenvalue weighted by atomic mass is 16.7. The van der Waals surface area contributed by atoms with Crippen LogP contribution in [0.2, 0.25) is 0 Å². The SMILES string of the molecule is O=C(O)c1ccc(N2C(=O)[C@@H]3[C@@H](ON(c4ccccc4)[C@H]3c3ccccc3O)C2=O)cc1. The summed E-state index contributed by atoms with van der Waals surface area (Å²) in [6.07, 6.45) is -1.08. The molecule has 2 saturated heterocycles. The van der Waals surface area contributed by atoms with E-state index in [2.05, 4.69) is 0 Å². The minimum absolute atomic E-state index is 0.00723. The summed E-state index contributed by atoms with van der Waals surface area (Å²) in [7, 11) is 0. The third kappa shape index (κ3) is 3.00. The van der Waals surface area contributed by atoms with Crippen LogP contribution < -0.4 is 9.96 Å². The third-order valence-corrected chi connectivity index (χ3v) is 5.75. The van der Waals surface area contributed by atoms with Crippen LogP contribution >= 0.6 is 0 Å². The molecular weight excluding hydrogens is 412 g/mol. The molecule has 8 heteroatoms. The average molecular weight is 430 g/mol. The average Bonchev–Trinajstić information content (AvgIpc) is 3.31. The number of para-hydroxylation sites is 2. The van der Waals surface area contributed by atoms with Crippen LogP contribution in [0.3, 0.4) is 0 Å². The first-order valence-electron chi connectivity index (χ1n) is 9.97. The summed E-state index contributed by atoms with van der Waals surface area (Å²) in [6.45, 7) is 0. The van der Waals surface area contributed by atoms with Crippen molar-refractivity contribution in [2.75, 3.05) is 9.96 Å². The Labute approximate surface area is 182 Å². The summed E-state index contributed by atoms with van der Waals surface area (Å²) < 4.78 is 0. The maximum atomic E-state index is 13.5. The van der Waals surface area contributed by atoms with Crippen LogP contribution in [-0.2, 0) is 14.4 Å². The molecule has 0 saturated carbocycles. The van der Waals surface area contributed by atoms with Crippen molar-refractivity contribution in [3.05, 3.63) is 90.0 Å². The molecule has 2 N–H and O–H groups in total. The Balaban J connectivity index is 1.57. The molecule has 0 aromatic heterocycles. The molecule has 0 bridgehead atoms. The molecule has 0 aliphatic carbocycles. The normalized spacial score (nSPS) is 22.3. The quantitative estimate of drug-likeness (QED) is 0.613. The second-order valence-electron chi connectivity index (χ2n) is 7.58. The Kier molecular flexibility index (Phi) is 4.64. The minimum atomic E-state index is -1.10. The van der Waals surface area contributed by atoms with Crippen molar-refractivity contribution >= 4 is 29.2 Å². The van der Waals surface area contributed by atoms with Gasteiger partial charge in [0.1, 0.15) is 11.7 Å². The molecule has 32 heavy (non-hydrogen) atoms. The highest BCUT2D eigenvalue weighted by molar-refractivity contribution is 6.24. The summed E-state index contributed by atoms with van der Waals surface area (Å²) in [6, 6.07) is 20.5. The van der Waals surface area contributed by atoms with Crippen molar-refractivity contribution in [1.82, 2.24) is 0 Å². The summed E-state index contributed by atoms with van der Waals surface area (Å²) in [5, 5.41) is 21.1. The van der Waals surface area contributed by atoms with Gasteiger partial charge in [0.05, 0.1) is 23.0 Å². The van der Waals surface area contributed by atoms with Crippen LogP contribution in [0.25, 0.3) is 0 Å². The van der Waals surface area contributed by atoms with Crippen molar-refractivity contribution in [3.63, 3.8) is 0 Å². The van der Waals surface area contributed by atoms with E-state index in [4.69, 9.17) is 9.94 Å². The number of phenolic OH excluding ortho intramolecular Hbond substituents is 1. The number of amides is 2. The van der Waals surface area contributed by atoms with Crippen LogP contribution in [0.1, 0.15) is 22.0 Å². The molecule has 2 fully saturated rings. The molecule has 0 radical (unpaired) electrons. The number of carbonyl (C=O) groups is 3. The van der Waals surface area contributed by atoms with E-state index in [-0.39, 0.29) is 17.0 Å². The van der Waals surface area contributed by atoms with Crippen LogP contribution in [0.4, 0.5) is 11.4 Å². The van der Waals surface area contributed by atoms with Gasteiger partial charge in [-0.15, -0.1) is 0 Å². The molecule has 3 aromatic carbocycles. The van der Waals surface area contributed by atoms with Crippen molar-refractivity contribution in [2.24, 2.45) is 5.92 Å². The van der Waals surface area contributed by atoms with Crippen molar-refractivity contribution in [3.8, 4) is 5.75 Å². The second-order valence-corrected chi connectivity index (χ2v) is 7.58. The Morgan fingerprint density at radius 1 is 0.812 bits per heavy atom. The fraction of sp³-hybridized carbons (Fsp3) is 0.125. The van der Waals surface area contributed by atoms with E-state index in [1.54, 1.807) is 30.3 Å². The third-order valence-electron chi connectivity index (χ3n) is 5.75. The molecule has 3 atom stereocenters. The number of aromatic carboxylic acids is 1. The number of carboxylic acid groups (broad SMARTS) is 1. The first kappa shape index (κ1) is 19.8. The molecule has 0 spiro atoms. The van der Waals surface area contributed by atoms with E-state index >= 15 is 0 Å². The molecule has 2 aliphatic rings. The van der Waals surface area contributed by atoms with Crippen LogP contribution in [0.15, 0.2) is 78.9 Å². The number of imide groups is 1. The van der Waals surface area contributed by atoms with Gasteiger partial charge in [-0.1, -0.05) is 36.4 Å². The maximum absolute atomic E-state index is 13.5. The van der Waals surface area contributed by atoms with E-state index in [1.807, 2.05) is 18.2 Å². The number of hydrogen-bond donors (Lipinski definition) is 2. The van der Waals surface area contributed by atoms with E-state index < -0.39 is 35.8 Å². The van der Waals surface area contributed by atoms with Gasteiger partial charge in [-0.3, -0.25) is 14.4 Å². The summed E-state index contributed by atoms with van der Waals surface area (Å²) in [4.78, 5) is 44.9. The Bertz CT molecular complexity index is 1210. The van der Waals surface area contributed by atoms with Gasteiger partial charge < -0.3 is 10.2 Å². The lowest BCUT2D eigenvalue weighted by Gasteiger charge is -2.29. The van der Waals surface area contributed by atoms with Gasteiger partial charge in [0.15, 0.2) is 6.10 Å². The van der Waals surface area contributed by atoms with Gasteiger partial charge in [-0.2, -0.15) is 0 Å². The predicted molar refractivity (Wildman–Crippen MR) is 114 cm³/mol. The zero-order valence-electron chi connectivity index (χ0n) is 16.7. The smallest absolute Gasteiger partial charge is 0.335 e. The number of hydrogen-bond acceptors (Lipinski definition) is 6. The monoisotopic (exact) mass is 430 g/mol. The summed E-state index contributed by atoms with van der Waals surface area (Å²) in [5.74, 6) is -3.02. The van der Waals surface area contributed by atoms with Gasteiger partial charge in [-0.25, -0.2) is 14.8 Å². The zero-order chi connectivity index (χ0) is 22.4. The number of anilines is 2. The fourth-order valence-electron chi connectivity index (χ4n) is 4.27.